The van der Waals surface area contributed by atoms with Gasteiger partial charge in [0.05, 0.1) is 5.38 Å². The van der Waals surface area contributed by atoms with E-state index in [1.165, 1.54) is 16.7 Å². The molecule has 2 aromatic carbocycles. The van der Waals surface area contributed by atoms with Gasteiger partial charge in [-0.05, 0) is 29.7 Å². The molecule has 1 nitrogen and oxygen atoms in total. The molecule has 1 aliphatic heterocycles. The molecule has 0 aromatic heterocycles. The number of fused-ring (bicyclic) bond motifs is 1. The van der Waals surface area contributed by atoms with Crippen molar-refractivity contribution in [1.82, 2.24) is 0 Å². The van der Waals surface area contributed by atoms with Crippen molar-refractivity contribution in [3.63, 3.8) is 0 Å². The molecule has 0 fully saturated rings. The number of benzene rings is 2. The molecule has 0 radical (unpaired) electrons. The van der Waals surface area contributed by atoms with Gasteiger partial charge in [0.1, 0.15) is 11.9 Å². The first-order valence-corrected chi connectivity index (χ1v) is 7.91. The molecule has 0 saturated carbocycles. The molecule has 2 aromatic rings. The summed E-state index contributed by atoms with van der Waals surface area (Å²) in [5.74, 6) is 1.01. The number of halogens is 1. The van der Waals surface area contributed by atoms with Crippen molar-refractivity contribution in [2.45, 2.75) is 44.1 Å². The molecular formula is C19H21ClO. The minimum absolute atomic E-state index is 0.0684. The van der Waals surface area contributed by atoms with Crippen LogP contribution in [0.15, 0.2) is 48.5 Å². The van der Waals surface area contributed by atoms with Gasteiger partial charge < -0.3 is 4.74 Å². The molecule has 0 N–H and O–H groups in total. The lowest BCUT2D eigenvalue weighted by molar-refractivity contribution is 0.254. The first kappa shape index (κ1) is 14.5. The van der Waals surface area contributed by atoms with Gasteiger partial charge in [0, 0.05) is 11.8 Å². The molecule has 0 saturated heterocycles. The molecule has 3 rings (SSSR count). The summed E-state index contributed by atoms with van der Waals surface area (Å²) >= 11 is 6.83. The second-order valence-corrected chi connectivity index (χ2v) is 6.89. The van der Waals surface area contributed by atoms with E-state index in [1.807, 2.05) is 6.07 Å². The highest BCUT2D eigenvalue weighted by molar-refractivity contribution is 6.21. The maximum Gasteiger partial charge on any atom is 0.123 e. The van der Waals surface area contributed by atoms with E-state index < -0.39 is 0 Å². The first-order chi connectivity index (χ1) is 9.98. The smallest absolute Gasteiger partial charge is 0.123 e. The van der Waals surface area contributed by atoms with Gasteiger partial charge in [-0.3, -0.25) is 0 Å². The van der Waals surface area contributed by atoms with Crippen LogP contribution >= 0.6 is 11.6 Å². The Hall–Kier alpha value is -1.47. The monoisotopic (exact) mass is 300 g/mol. The fourth-order valence-electron chi connectivity index (χ4n) is 3.03. The Morgan fingerprint density at radius 1 is 1.14 bits per heavy atom. The molecule has 2 unspecified atom stereocenters. The van der Waals surface area contributed by atoms with Crippen molar-refractivity contribution >= 4 is 11.6 Å². The number of rotatable bonds is 3. The fourth-order valence-corrected chi connectivity index (χ4v) is 3.29. The summed E-state index contributed by atoms with van der Waals surface area (Å²) in [6, 6.07) is 16.8. The molecule has 0 aliphatic carbocycles. The van der Waals surface area contributed by atoms with Crippen LogP contribution in [0.25, 0.3) is 0 Å². The Labute approximate surface area is 131 Å². The first-order valence-electron chi connectivity index (χ1n) is 7.47. The van der Waals surface area contributed by atoms with Crippen molar-refractivity contribution < 1.29 is 4.74 Å². The van der Waals surface area contributed by atoms with Crippen molar-refractivity contribution in [2.75, 3.05) is 0 Å². The minimum atomic E-state index is -0.123. The van der Waals surface area contributed by atoms with Crippen molar-refractivity contribution in [3.8, 4) is 5.75 Å². The van der Waals surface area contributed by atoms with Gasteiger partial charge in [-0.15, -0.1) is 11.6 Å². The van der Waals surface area contributed by atoms with Crippen LogP contribution in [0.1, 0.15) is 42.8 Å². The van der Waals surface area contributed by atoms with Crippen LogP contribution in [-0.2, 0) is 11.8 Å². The molecule has 110 valence electrons. The molecule has 21 heavy (non-hydrogen) atoms. The van der Waals surface area contributed by atoms with Crippen LogP contribution in [0.5, 0.6) is 5.75 Å². The molecule has 2 heteroatoms. The predicted octanol–water partition coefficient (Wildman–Crippen LogP) is 5.27. The molecule has 0 spiro atoms. The summed E-state index contributed by atoms with van der Waals surface area (Å²) in [5, 5.41) is -0.0684. The maximum atomic E-state index is 6.83. The summed E-state index contributed by atoms with van der Waals surface area (Å²) in [4.78, 5) is 0. The van der Waals surface area contributed by atoms with E-state index in [0.29, 0.717) is 0 Å². The third-order valence-corrected chi connectivity index (χ3v) is 5.16. The summed E-state index contributed by atoms with van der Waals surface area (Å²) < 4.78 is 5.77. The van der Waals surface area contributed by atoms with Crippen LogP contribution in [0, 0.1) is 0 Å². The van der Waals surface area contributed by atoms with Crippen molar-refractivity contribution in [3.05, 3.63) is 65.2 Å². The highest BCUT2D eigenvalue weighted by atomic mass is 35.5. The number of hydrogen-bond donors (Lipinski definition) is 0. The SMILES string of the molecule is CC1Cc2cc(C(Cl)C(C)(C)c3ccccc3)ccc2O1. The van der Waals surface area contributed by atoms with Crippen LogP contribution in [0.4, 0.5) is 0 Å². The van der Waals surface area contributed by atoms with Crippen LogP contribution < -0.4 is 4.74 Å². The Bertz CT molecular complexity index is 633. The Morgan fingerprint density at radius 2 is 1.86 bits per heavy atom. The van der Waals surface area contributed by atoms with E-state index in [4.69, 9.17) is 16.3 Å². The highest BCUT2D eigenvalue weighted by Gasteiger charge is 2.32. The zero-order valence-corrected chi connectivity index (χ0v) is 13.5. The standard InChI is InChI=1S/C19H21ClO/c1-13-11-15-12-14(9-10-17(15)21-13)18(20)19(2,3)16-7-5-4-6-8-16/h4-10,12-13,18H,11H2,1-3H3. The lowest BCUT2D eigenvalue weighted by atomic mass is 9.78. The predicted molar refractivity (Wildman–Crippen MR) is 88.3 cm³/mol. The zero-order chi connectivity index (χ0) is 15.0. The lowest BCUT2D eigenvalue weighted by Gasteiger charge is -2.31. The highest BCUT2D eigenvalue weighted by Crippen LogP contribution is 2.43. The topological polar surface area (TPSA) is 9.23 Å². The minimum Gasteiger partial charge on any atom is -0.490 e. The summed E-state index contributed by atoms with van der Waals surface area (Å²) in [6.07, 6.45) is 1.24. The average Bonchev–Trinajstić information content (AvgIpc) is 2.86. The number of ether oxygens (including phenoxy) is 1. The quantitative estimate of drug-likeness (QED) is 0.702. The summed E-state index contributed by atoms with van der Waals surface area (Å²) in [7, 11) is 0. The van der Waals surface area contributed by atoms with Crippen LogP contribution in [0.3, 0.4) is 0 Å². The molecule has 2 atom stereocenters. The molecule has 0 amide bonds. The number of hydrogen-bond acceptors (Lipinski definition) is 1. The van der Waals surface area contributed by atoms with Gasteiger partial charge in [0.15, 0.2) is 0 Å². The van der Waals surface area contributed by atoms with Gasteiger partial charge >= 0.3 is 0 Å². The summed E-state index contributed by atoms with van der Waals surface area (Å²) in [5.41, 5.74) is 3.58. The lowest BCUT2D eigenvalue weighted by Crippen LogP contribution is -2.23. The van der Waals surface area contributed by atoms with Gasteiger partial charge in [-0.1, -0.05) is 56.3 Å². The Morgan fingerprint density at radius 3 is 2.57 bits per heavy atom. The van der Waals surface area contributed by atoms with Gasteiger partial charge in [-0.2, -0.15) is 0 Å². The van der Waals surface area contributed by atoms with E-state index in [-0.39, 0.29) is 16.9 Å². The normalized spacial score (nSPS) is 19.0. The second kappa shape index (κ2) is 5.38. The van der Waals surface area contributed by atoms with Crippen LogP contribution in [0.2, 0.25) is 0 Å². The van der Waals surface area contributed by atoms with E-state index in [9.17, 15) is 0 Å². The summed E-state index contributed by atoms with van der Waals surface area (Å²) in [6.45, 7) is 6.50. The van der Waals surface area contributed by atoms with Crippen molar-refractivity contribution in [2.24, 2.45) is 0 Å². The third-order valence-electron chi connectivity index (χ3n) is 4.36. The van der Waals surface area contributed by atoms with Gasteiger partial charge in [0.2, 0.25) is 0 Å². The zero-order valence-electron chi connectivity index (χ0n) is 12.8. The fraction of sp³-hybridized carbons (Fsp3) is 0.368. The maximum absolute atomic E-state index is 6.83. The van der Waals surface area contributed by atoms with E-state index >= 15 is 0 Å². The van der Waals surface area contributed by atoms with Gasteiger partial charge in [0.25, 0.3) is 0 Å². The second-order valence-electron chi connectivity index (χ2n) is 6.45. The molecule has 0 bridgehead atoms. The van der Waals surface area contributed by atoms with Crippen molar-refractivity contribution in [1.29, 1.82) is 0 Å². The molecule has 1 aliphatic rings. The average molecular weight is 301 g/mol. The molecule has 1 heterocycles. The Balaban J connectivity index is 1.92. The van der Waals surface area contributed by atoms with E-state index in [1.54, 1.807) is 0 Å². The Kier molecular flexibility index (Phi) is 3.71. The van der Waals surface area contributed by atoms with Gasteiger partial charge in [-0.25, -0.2) is 0 Å². The third kappa shape index (κ3) is 2.67. The van der Waals surface area contributed by atoms with E-state index in [0.717, 1.165) is 12.2 Å². The van der Waals surface area contributed by atoms with E-state index in [2.05, 4.69) is 63.2 Å². The number of alkyl halides is 1. The largest absolute Gasteiger partial charge is 0.490 e. The van der Waals surface area contributed by atoms with Crippen LogP contribution in [-0.4, -0.2) is 6.10 Å². The molecular weight excluding hydrogens is 280 g/mol.